The Morgan fingerprint density at radius 3 is 2.36 bits per heavy atom. The van der Waals surface area contributed by atoms with Crippen molar-refractivity contribution in [3.05, 3.63) is 53.3 Å². The lowest BCUT2D eigenvalue weighted by molar-refractivity contribution is -0.137. The second-order valence-electron chi connectivity index (χ2n) is 10.4. The largest absolute Gasteiger partial charge is 0.481 e. The highest BCUT2D eigenvalue weighted by Crippen LogP contribution is 2.41. The number of urea groups is 1. The Bertz CT molecular complexity index is 1070. The highest BCUT2D eigenvalue weighted by Gasteiger charge is 2.30. The number of carbonyl (C=O) groups excluding carboxylic acids is 1. The lowest BCUT2D eigenvalue weighted by Crippen LogP contribution is -2.37. The number of para-hydroxylation sites is 1. The van der Waals surface area contributed by atoms with E-state index in [9.17, 15) is 14.7 Å². The molecule has 3 rings (SSSR count). The Morgan fingerprint density at radius 1 is 1.14 bits per heavy atom. The lowest BCUT2D eigenvalue weighted by atomic mass is 9.79. The predicted molar refractivity (Wildman–Crippen MR) is 143 cm³/mol. The smallest absolute Gasteiger partial charge is 0.323 e. The maximum atomic E-state index is 15.6. The number of nitrogens with two attached hydrogens (primary N) is 1. The van der Waals surface area contributed by atoms with E-state index in [-0.39, 0.29) is 18.0 Å². The van der Waals surface area contributed by atoms with Gasteiger partial charge in [-0.25, -0.2) is 9.18 Å². The van der Waals surface area contributed by atoms with Crippen molar-refractivity contribution in [2.75, 3.05) is 10.2 Å². The van der Waals surface area contributed by atoms with Gasteiger partial charge < -0.3 is 16.2 Å². The van der Waals surface area contributed by atoms with Crippen LogP contribution in [0.5, 0.6) is 0 Å². The van der Waals surface area contributed by atoms with Crippen LogP contribution < -0.4 is 16.0 Å². The molecule has 2 aromatic rings. The van der Waals surface area contributed by atoms with Crippen molar-refractivity contribution >= 4 is 29.1 Å². The number of aryl methyl sites for hydroxylation is 1. The molecule has 0 aromatic heterocycles. The monoisotopic (exact) mass is 497 g/mol. The summed E-state index contributed by atoms with van der Waals surface area (Å²) in [5, 5.41) is 13.0. The summed E-state index contributed by atoms with van der Waals surface area (Å²) in [4.78, 5) is 25.8. The number of primary amides is 1. The second-order valence-corrected chi connectivity index (χ2v) is 10.4. The van der Waals surface area contributed by atoms with Crippen LogP contribution in [0.3, 0.4) is 0 Å². The standard InChI is InChI=1S/C29H40FN3O3/c1-5-20(15-27(34)35)22-16-26(33(29(31)36)25-14-10-9-11-19(25)4)24(17-23(22)30)32-28(18(2)3)21-12-7-6-8-13-21/h9-11,14,16-18,20-21,28,32H,5-8,12-13,15H2,1-4H3,(H2,31,36)(H,34,35). The third-order valence-corrected chi connectivity index (χ3v) is 7.48. The Labute approximate surface area is 214 Å². The van der Waals surface area contributed by atoms with Crippen LogP contribution in [0, 0.1) is 24.6 Å². The fourth-order valence-electron chi connectivity index (χ4n) is 5.56. The van der Waals surface area contributed by atoms with Gasteiger partial charge in [0.2, 0.25) is 0 Å². The molecule has 36 heavy (non-hydrogen) atoms. The number of halogens is 1. The van der Waals surface area contributed by atoms with E-state index in [4.69, 9.17) is 5.73 Å². The van der Waals surface area contributed by atoms with Crippen LogP contribution in [0.1, 0.15) is 82.8 Å². The van der Waals surface area contributed by atoms with E-state index >= 15 is 4.39 Å². The number of nitrogens with zero attached hydrogens (tertiary/aromatic N) is 1. The number of anilines is 3. The van der Waals surface area contributed by atoms with E-state index in [2.05, 4.69) is 19.2 Å². The zero-order chi connectivity index (χ0) is 26.4. The fourth-order valence-corrected chi connectivity index (χ4v) is 5.56. The van der Waals surface area contributed by atoms with Crippen molar-refractivity contribution in [2.24, 2.45) is 17.6 Å². The van der Waals surface area contributed by atoms with E-state index in [1.54, 1.807) is 6.07 Å². The normalized spacial score (nSPS) is 15.9. The molecule has 2 atom stereocenters. The SMILES string of the molecule is CCC(CC(=O)O)c1cc(N(C(N)=O)c2ccccc2C)c(NC(C(C)C)C2CCCCC2)cc1F. The number of nitrogens with one attached hydrogen (secondary N) is 1. The summed E-state index contributed by atoms with van der Waals surface area (Å²) < 4.78 is 15.6. The summed E-state index contributed by atoms with van der Waals surface area (Å²) in [7, 11) is 0. The van der Waals surface area contributed by atoms with Crippen LogP contribution in [0.15, 0.2) is 36.4 Å². The van der Waals surface area contributed by atoms with E-state index in [0.29, 0.717) is 35.3 Å². The zero-order valence-electron chi connectivity index (χ0n) is 21.9. The molecule has 0 radical (unpaired) electrons. The average molecular weight is 498 g/mol. The van der Waals surface area contributed by atoms with Gasteiger partial charge in [0.25, 0.3) is 0 Å². The van der Waals surface area contributed by atoms with Crippen molar-refractivity contribution < 1.29 is 19.1 Å². The van der Waals surface area contributed by atoms with Gasteiger partial charge in [0.05, 0.1) is 23.5 Å². The van der Waals surface area contributed by atoms with E-state index in [0.717, 1.165) is 18.4 Å². The molecule has 0 heterocycles. The minimum Gasteiger partial charge on any atom is -0.481 e. The zero-order valence-corrected chi connectivity index (χ0v) is 21.9. The second kappa shape index (κ2) is 12.2. The third kappa shape index (κ3) is 6.37. The first-order valence-electron chi connectivity index (χ1n) is 13.1. The topological polar surface area (TPSA) is 95.7 Å². The van der Waals surface area contributed by atoms with Crippen LogP contribution in [0.25, 0.3) is 0 Å². The minimum atomic E-state index is -0.993. The molecule has 2 amide bonds. The van der Waals surface area contributed by atoms with Gasteiger partial charge >= 0.3 is 12.0 Å². The predicted octanol–water partition coefficient (Wildman–Crippen LogP) is 7.34. The fraction of sp³-hybridized carbons (Fsp3) is 0.517. The van der Waals surface area contributed by atoms with Crippen LogP contribution in [-0.4, -0.2) is 23.1 Å². The summed E-state index contributed by atoms with van der Waals surface area (Å²) in [6, 6.07) is 9.85. The van der Waals surface area contributed by atoms with Crippen molar-refractivity contribution in [1.29, 1.82) is 0 Å². The molecular weight excluding hydrogens is 457 g/mol. The molecule has 0 saturated heterocycles. The summed E-state index contributed by atoms with van der Waals surface area (Å²) >= 11 is 0. The molecular formula is C29H40FN3O3. The Kier molecular flexibility index (Phi) is 9.35. The third-order valence-electron chi connectivity index (χ3n) is 7.48. The molecule has 1 aliphatic carbocycles. The molecule has 1 saturated carbocycles. The molecule has 2 aromatic carbocycles. The van der Waals surface area contributed by atoms with Gasteiger partial charge in [0.1, 0.15) is 5.82 Å². The van der Waals surface area contributed by atoms with Gasteiger partial charge in [0, 0.05) is 6.04 Å². The molecule has 196 valence electrons. The molecule has 0 spiro atoms. The minimum absolute atomic E-state index is 0.0990. The Balaban J connectivity index is 2.18. The summed E-state index contributed by atoms with van der Waals surface area (Å²) in [6.45, 7) is 8.04. The first kappa shape index (κ1) is 27.5. The number of aliphatic carboxylic acids is 1. The average Bonchev–Trinajstić information content (AvgIpc) is 2.83. The first-order chi connectivity index (χ1) is 17.1. The first-order valence-corrected chi connectivity index (χ1v) is 13.1. The van der Waals surface area contributed by atoms with E-state index in [1.165, 1.54) is 30.2 Å². The molecule has 7 heteroatoms. The number of hydrogen-bond donors (Lipinski definition) is 3. The van der Waals surface area contributed by atoms with Crippen LogP contribution in [0.4, 0.5) is 26.2 Å². The highest BCUT2D eigenvalue weighted by molar-refractivity contribution is 6.02. The van der Waals surface area contributed by atoms with Crippen molar-refractivity contribution in [1.82, 2.24) is 0 Å². The van der Waals surface area contributed by atoms with E-state index in [1.807, 2.05) is 38.1 Å². The summed E-state index contributed by atoms with van der Waals surface area (Å²) in [5.41, 5.74) is 8.59. The van der Waals surface area contributed by atoms with Gasteiger partial charge in [-0.15, -0.1) is 0 Å². The molecule has 0 bridgehead atoms. The summed E-state index contributed by atoms with van der Waals surface area (Å²) in [5.74, 6) is -1.26. The van der Waals surface area contributed by atoms with Crippen LogP contribution >= 0.6 is 0 Å². The van der Waals surface area contributed by atoms with Gasteiger partial charge in [-0.1, -0.05) is 58.2 Å². The number of carboxylic acids is 1. The maximum absolute atomic E-state index is 15.6. The number of hydrogen-bond acceptors (Lipinski definition) is 3. The molecule has 0 aliphatic heterocycles. The van der Waals surface area contributed by atoms with Gasteiger partial charge in [-0.05, 0) is 73.3 Å². The summed E-state index contributed by atoms with van der Waals surface area (Å²) in [6.07, 6.45) is 6.07. The number of carbonyl (C=O) groups is 2. The Morgan fingerprint density at radius 2 is 1.81 bits per heavy atom. The van der Waals surface area contributed by atoms with Gasteiger partial charge in [-0.2, -0.15) is 0 Å². The number of rotatable bonds is 10. The molecule has 1 fully saturated rings. The maximum Gasteiger partial charge on any atom is 0.323 e. The van der Waals surface area contributed by atoms with E-state index < -0.39 is 23.7 Å². The number of amides is 2. The van der Waals surface area contributed by atoms with Crippen molar-refractivity contribution in [2.45, 2.75) is 84.6 Å². The molecule has 2 unspecified atom stereocenters. The van der Waals surface area contributed by atoms with Crippen LogP contribution in [-0.2, 0) is 4.79 Å². The molecule has 4 N–H and O–H groups in total. The van der Waals surface area contributed by atoms with Gasteiger partial charge in [-0.3, -0.25) is 9.69 Å². The van der Waals surface area contributed by atoms with Crippen molar-refractivity contribution in [3.8, 4) is 0 Å². The molecule has 1 aliphatic rings. The molecule has 6 nitrogen and oxygen atoms in total. The van der Waals surface area contributed by atoms with Crippen LogP contribution in [0.2, 0.25) is 0 Å². The number of benzene rings is 2. The number of carboxylic acid groups (broad SMARTS) is 1. The quantitative estimate of drug-likeness (QED) is 0.320. The lowest BCUT2D eigenvalue weighted by Gasteiger charge is -2.36. The Hall–Kier alpha value is -3.09. The van der Waals surface area contributed by atoms with Crippen molar-refractivity contribution in [3.63, 3.8) is 0 Å². The van der Waals surface area contributed by atoms with Gasteiger partial charge in [0.15, 0.2) is 0 Å². The highest BCUT2D eigenvalue weighted by atomic mass is 19.1.